The van der Waals surface area contributed by atoms with Crippen LogP contribution in [-0.4, -0.2) is 11.6 Å². The number of fused-ring (bicyclic) bond motifs is 1. The Morgan fingerprint density at radius 3 is 2.50 bits per heavy atom. The fourth-order valence-corrected chi connectivity index (χ4v) is 1.92. The molecule has 1 aromatic carbocycles. The Labute approximate surface area is 82.9 Å². The van der Waals surface area contributed by atoms with Gasteiger partial charge in [0.25, 0.3) is 0 Å². The quantitative estimate of drug-likeness (QED) is 0.635. The van der Waals surface area contributed by atoms with Crippen LogP contribution in [0.1, 0.15) is 52.5 Å². The van der Waals surface area contributed by atoms with Gasteiger partial charge < -0.3 is 0 Å². The molecule has 1 aromatic rings. The monoisotopic (exact) mass is 188 g/mol. The highest BCUT2D eigenvalue weighted by molar-refractivity contribution is 6.24. The predicted octanol–water partition coefficient (Wildman–Crippen LogP) is 2.58. The van der Waals surface area contributed by atoms with E-state index in [-0.39, 0.29) is 18.0 Å². The number of hydrogen-bond donors (Lipinski definition) is 0. The van der Waals surface area contributed by atoms with E-state index in [1.54, 1.807) is 6.07 Å². The fourth-order valence-electron chi connectivity index (χ4n) is 1.92. The van der Waals surface area contributed by atoms with E-state index in [0.717, 1.165) is 5.56 Å². The van der Waals surface area contributed by atoms with Crippen molar-refractivity contribution in [1.29, 1.82) is 0 Å². The molecule has 0 radical (unpaired) electrons. The van der Waals surface area contributed by atoms with Gasteiger partial charge in [0.15, 0.2) is 11.6 Å². The second-order valence-corrected chi connectivity index (χ2v) is 3.95. The molecule has 2 heteroatoms. The van der Waals surface area contributed by atoms with Gasteiger partial charge in [-0.15, -0.1) is 0 Å². The van der Waals surface area contributed by atoms with E-state index in [0.29, 0.717) is 17.0 Å². The van der Waals surface area contributed by atoms with Crippen LogP contribution in [0.3, 0.4) is 0 Å². The molecule has 0 fully saturated rings. The van der Waals surface area contributed by atoms with Gasteiger partial charge in [0.05, 0.1) is 6.42 Å². The lowest BCUT2D eigenvalue weighted by Gasteiger charge is -2.09. The Balaban J connectivity index is 2.68. The third kappa shape index (κ3) is 1.18. The largest absolute Gasteiger partial charge is 0.294 e. The highest BCUT2D eigenvalue weighted by atomic mass is 16.2. The van der Waals surface area contributed by atoms with Crippen molar-refractivity contribution in [3.8, 4) is 0 Å². The van der Waals surface area contributed by atoms with E-state index in [9.17, 15) is 9.59 Å². The number of hydrogen-bond acceptors (Lipinski definition) is 2. The van der Waals surface area contributed by atoms with Crippen LogP contribution in [-0.2, 0) is 0 Å². The zero-order valence-electron chi connectivity index (χ0n) is 8.33. The maximum atomic E-state index is 11.6. The number of carbonyl (C=O) groups excluding carboxylic acids is 2. The zero-order chi connectivity index (χ0) is 10.3. The molecule has 0 N–H and O–H groups in total. The van der Waals surface area contributed by atoms with E-state index in [1.165, 1.54) is 0 Å². The van der Waals surface area contributed by atoms with Crippen LogP contribution in [0.25, 0.3) is 0 Å². The van der Waals surface area contributed by atoms with Crippen LogP contribution >= 0.6 is 0 Å². The van der Waals surface area contributed by atoms with Crippen LogP contribution in [0.2, 0.25) is 0 Å². The summed E-state index contributed by atoms with van der Waals surface area (Å²) in [5, 5.41) is 0. The molecule has 2 nitrogen and oxygen atoms in total. The van der Waals surface area contributed by atoms with E-state index >= 15 is 0 Å². The van der Waals surface area contributed by atoms with Crippen LogP contribution < -0.4 is 0 Å². The number of benzene rings is 1. The van der Waals surface area contributed by atoms with Gasteiger partial charge in [-0.1, -0.05) is 32.0 Å². The molecule has 0 amide bonds. The Hall–Kier alpha value is -1.44. The third-order valence-electron chi connectivity index (χ3n) is 2.62. The van der Waals surface area contributed by atoms with Gasteiger partial charge in [-0.2, -0.15) is 0 Å². The molecule has 0 aromatic heterocycles. The molecule has 0 saturated carbocycles. The summed E-state index contributed by atoms with van der Waals surface area (Å²) in [5.41, 5.74) is 2.27. The molecule has 0 spiro atoms. The van der Waals surface area contributed by atoms with Crippen LogP contribution in [0, 0.1) is 0 Å². The number of carbonyl (C=O) groups is 2. The van der Waals surface area contributed by atoms with Crippen molar-refractivity contribution in [1.82, 2.24) is 0 Å². The van der Waals surface area contributed by atoms with E-state index < -0.39 is 0 Å². The first-order chi connectivity index (χ1) is 6.61. The molecule has 1 aliphatic carbocycles. The van der Waals surface area contributed by atoms with Crippen molar-refractivity contribution in [3.63, 3.8) is 0 Å². The van der Waals surface area contributed by atoms with Crippen LogP contribution in [0.15, 0.2) is 18.2 Å². The lowest BCUT2D eigenvalue weighted by molar-refractivity contribution is 0.0922. The van der Waals surface area contributed by atoms with E-state index in [1.807, 2.05) is 26.0 Å². The standard InChI is InChI=1S/C12H12O2/c1-7(2)8-4-3-5-9-10(13)6-11(14)12(8)9/h3-5,7H,6H2,1-2H3. The Kier molecular flexibility index (Phi) is 1.99. The molecule has 1 aliphatic rings. The average Bonchev–Trinajstić information content (AvgIpc) is 2.43. The van der Waals surface area contributed by atoms with Crippen molar-refractivity contribution in [3.05, 3.63) is 34.9 Å². The highest BCUT2D eigenvalue weighted by Gasteiger charge is 2.29. The lowest BCUT2D eigenvalue weighted by atomic mass is 9.94. The van der Waals surface area contributed by atoms with Crippen LogP contribution in [0.5, 0.6) is 0 Å². The third-order valence-corrected chi connectivity index (χ3v) is 2.62. The topological polar surface area (TPSA) is 34.1 Å². The SMILES string of the molecule is CC(C)c1cccc2c1C(=O)CC2=O. The van der Waals surface area contributed by atoms with Crippen molar-refractivity contribution in [2.45, 2.75) is 26.2 Å². The van der Waals surface area contributed by atoms with Gasteiger partial charge in [0.2, 0.25) is 0 Å². The van der Waals surface area contributed by atoms with Gasteiger partial charge in [-0.3, -0.25) is 9.59 Å². The number of rotatable bonds is 1. The fraction of sp³-hybridized carbons (Fsp3) is 0.333. The zero-order valence-corrected chi connectivity index (χ0v) is 8.33. The molecule has 2 rings (SSSR count). The van der Waals surface area contributed by atoms with Crippen LogP contribution in [0.4, 0.5) is 0 Å². The lowest BCUT2D eigenvalue weighted by Crippen LogP contribution is -2.00. The normalized spacial score (nSPS) is 15.1. The predicted molar refractivity (Wildman–Crippen MR) is 53.8 cm³/mol. The molecule has 0 heterocycles. The minimum absolute atomic E-state index is 0.0192. The van der Waals surface area contributed by atoms with Gasteiger partial charge in [-0.25, -0.2) is 0 Å². The molecule has 0 bridgehead atoms. The maximum absolute atomic E-state index is 11.6. The minimum Gasteiger partial charge on any atom is -0.294 e. The van der Waals surface area contributed by atoms with E-state index in [4.69, 9.17) is 0 Å². The molecule has 14 heavy (non-hydrogen) atoms. The summed E-state index contributed by atoms with van der Waals surface area (Å²) in [6, 6.07) is 5.53. The summed E-state index contributed by atoms with van der Waals surface area (Å²) in [6.07, 6.45) is 0.0546. The summed E-state index contributed by atoms with van der Waals surface area (Å²) < 4.78 is 0. The highest BCUT2D eigenvalue weighted by Crippen LogP contribution is 2.29. The smallest absolute Gasteiger partial charge is 0.171 e. The number of Topliss-reactive ketones (excluding diaryl/α,β-unsaturated/α-hetero) is 2. The Morgan fingerprint density at radius 1 is 1.14 bits per heavy atom. The van der Waals surface area contributed by atoms with Gasteiger partial charge >= 0.3 is 0 Å². The van der Waals surface area contributed by atoms with Crippen molar-refractivity contribution in [2.24, 2.45) is 0 Å². The molecule has 0 aliphatic heterocycles. The van der Waals surface area contributed by atoms with Crippen molar-refractivity contribution >= 4 is 11.6 Å². The molecule has 0 atom stereocenters. The molecular weight excluding hydrogens is 176 g/mol. The molecule has 0 saturated heterocycles. The average molecular weight is 188 g/mol. The first-order valence-electron chi connectivity index (χ1n) is 4.80. The van der Waals surface area contributed by atoms with E-state index in [2.05, 4.69) is 0 Å². The van der Waals surface area contributed by atoms with Gasteiger partial charge in [0, 0.05) is 11.1 Å². The van der Waals surface area contributed by atoms with Gasteiger partial charge in [-0.05, 0) is 11.5 Å². The minimum atomic E-state index is -0.0347. The second kappa shape index (κ2) is 3.05. The molecule has 72 valence electrons. The summed E-state index contributed by atoms with van der Waals surface area (Å²) in [4.78, 5) is 23.0. The first-order valence-corrected chi connectivity index (χ1v) is 4.80. The Bertz CT molecular complexity index is 416. The molecular formula is C12H12O2. The second-order valence-electron chi connectivity index (χ2n) is 3.95. The van der Waals surface area contributed by atoms with Crippen molar-refractivity contribution in [2.75, 3.05) is 0 Å². The summed E-state index contributed by atoms with van der Waals surface area (Å²) >= 11 is 0. The van der Waals surface area contributed by atoms with Gasteiger partial charge in [0.1, 0.15) is 0 Å². The Morgan fingerprint density at radius 2 is 1.86 bits per heavy atom. The number of ketones is 2. The molecule has 0 unspecified atom stereocenters. The van der Waals surface area contributed by atoms with Crippen molar-refractivity contribution < 1.29 is 9.59 Å². The summed E-state index contributed by atoms with van der Waals surface area (Å²) in [7, 11) is 0. The summed E-state index contributed by atoms with van der Waals surface area (Å²) in [5.74, 6) is 0.238. The maximum Gasteiger partial charge on any atom is 0.171 e. The summed E-state index contributed by atoms with van der Waals surface area (Å²) in [6.45, 7) is 4.07. The first kappa shape index (κ1) is 9.13.